The Kier molecular flexibility index (Phi) is 9.17. The smallest absolute Gasteiger partial charge is 0.326 e. The van der Waals surface area contributed by atoms with Gasteiger partial charge in [0.25, 0.3) is 0 Å². The second-order valence-corrected chi connectivity index (χ2v) is 12.0. The molecule has 15 heteroatoms. The molecule has 42 heavy (non-hydrogen) atoms. The SMILES string of the molecule is O=C(Cc1cc(CC(=O)C(F)(F)F)c(F)cc1F)c1cc(NC(=O)[C@H]2[C@H](c3cc(Cl)c(Cl)c(Cl)c3)C2(Cl)Cl)ccc1F. The third kappa shape index (κ3) is 6.68. The highest BCUT2D eigenvalue weighted by Gasteiger charge is 2.67. The summed E-state index contributed by atoms with van der Waals surface area (Å²) in [6.45, 7) is 0. The summed E-state index contributed by atoms with van der Waals surface area (Å²) in [5, 5.41) is 2.76. The molecule has 1 amide bonds. The summed E-state index contributed by atoms with van der Waals surface area (Å²) in [6, 6.07) is 6.63. The molecule has 0 heterocycles. The van der Waals surface area contributed by atoms with E-state index in [2.05, 4.69) is 5.32 Å². The highest BCUT2D eigenvalue weighted by atomic mass is 35.5. The van der Waals surface area contributed by atoms with Gasteiger partial charge >= 0.3 is 6.18 Å². The molecule has 1 saturated carbocycles. The van der Waals surface area contributed by atoms with Gasteiger partial charge in [0.15, 0.2) is 5.78 Å². The van der Waals surface area contributed by atoms with E-state index in [1.807, 2.05) is 0 Å². The van der Waals surface area contributed by atoms with Gasteiger partial charge in [-0.05, 0) is 53.1 Å². The number of carbonyl (C=O) groups is 3. The summed E-state index contributed by atoms with van der Waals surface area (Å²) in [4.78, 5) is 37.1. The maximum atomic E-state index is 14.6. The zero-order valence-electron chi connectivity index (χ0n) is 20.5. The molecule has 3 aromatic rings. The number of rotatable bonds is 8. The molecule has 0 unspecified atom stereocenters. The van der Waals surface area contributed by atoms with E-state index in [0.29, 0.717) is 11.6 Å². The van der Waals surface area contributed by atoms with Crippen LogP contribution in [0.2, 0.25) is 15.1 Å². The molecule has 4 nitrogen and oxygen atoms in total. The summed E-state index contributed by atoms with van der Waals surface area (Å²) in [5.41, 5.74) is -1.63. The Balaban J connectivity index is 1.52. The Bertz CT molecular complexity index is 1610. The zero-order chi connectivity index (χ0) is 31.3. The minimum atomic E-state index is -5.26. The van der Waals surface area contributed by atoms with E-state index in [1.54, 1.807) is 0 Å². The Morgan fingerprint density at radius 3 is 1.95 bits per heavy atom. The van der Waals surface area contributed by atoms with Gasteiger partial charge in [0.2, 0.25) is 11.7 Å². The van der Waals surface area contributed by atoms with Gasteiger partial charge in [-0.3, -0.25) is 14.4 Å². The molecule has 1 aliphatic carbocycles. The third-order valence-electron chi connectivity index (χ3n) is 6.47. The highest BCUT2D eigenvalue weighted by Crippen LogP contribution is 2.65. The van der Waals surface area contributed by atoms with Gasteiger partial charge in [-0.2, -0.15) is 13.2 Å². The van der Waals surface area contributed by atoms with Crippen molar-refractivity contribution in [2.75, 3.05) is 5.32 Å². The Morgan fingerprint density at radius 2 is 1.38 bits per heavy atom. The van der Waals surface area contributed by atoms with Gasteiger partial charge in [-0.15, -0.1) is 23.2 Å². The molecule has 1 aliphatic rings. The molecule has 1 fully saturated rings. The van der Waals surface area contributed by atoms with Gasteiger partial charge in [-0.25, -0.2) is 13.2 Å². The molecule has 0 bridgehead atoms. The summed E-state index contributed by atoms with van der Waals surface area (Å²) < 4.78 is 79.1. The number of benzene rings is 3. The zero-order valence-corrected chi connectivity index (χ0v) is 24.3. The van der Waals surface area contributed by atoms with E-state index in [0.717, 1.165) is 18.2 Å². The van der Waals surface area contributed by atoms with Crippen molar-refractivity contribution >= 4 is 81.2 Å². The molecule has 0 aliphatic heterocycles. The molecule has 4 rings (SSSR count). The fourth-order valence-electron chi connectivity index (χ4n) is 4.32. The quantitative estimate of drug-likeness (QED) is 0.111. The van der Waals surface area contributed by atoms with Gasteiger partial charge in [0, 0.05) is 30.5 Å². The molecule has 2 atom stereocenters. The first kappa shape index (κ1) is 32.4. The van der Waals surface area contributed by atoms with E-state index < -0.39 is 86.8 Å². The van der Waals surface area contributed by atoms with Crippen molar-refractivity contribution in [3.8, 4) is 0 Å². The van der Waals surface area contributed by atoms with Crippen molar-refractivity contribution in [3.63, 3.8) is 0 Å². The minimum Gasteiger partial charge on any atom is -0.326 e. The van der Waals surface area contributed by atoms with Crippen LogP contribution in [0.1, 0.15) is 33.0 Å². The van der Waals surface area contributed by atoms with E-state index in [-0.39, 0.29) is 26.8 Å². The maximum Gasteiger partial charge on any atom is 0.450 e. The fraction of sp³-hybridized carbons (Fsp3) is 0.222. The van der Waals surface area contributed by atoms with Gasteiger partial charge in [0.1, 0.15) is 21.8 Å². The number of amides is 1. The third-order valence-corrected chi connectivity index (χ3v) is 8.61. The van der Waals surface area contributed by atoms with Crippen LogP contribution in [0, 0.1) is 23.4 Å². The van der Waals surface area contributed by atoms with Crippen LogP contribution in [0.3, 0.4) is 0 Å². The molecule has 0 aromatic heterocycles. The predicted molar refractivity (Wildman–Crippen MR) is 146 cm³/mol. The predicted octanol–water partition coefficient (Wildman–Crippen LogP) is 8.69. The van der Waals surface area contributed by atoms with Crippen LogP contribution in [0.15, 0.2) is 42.5 Å². The average molecular weight is 692 g/mol. The topological polar surface area (TPSA) is 63.2 Å². The van der Waals surface area contributed by atoms with Crippen LogP contribution in [0.4, 0.5) is 32.0 Å². The lowest BCUT2D eigenvalue weighted by Gasteiger charge is -2.11. The number of carbonyl (C=O) groups excluding carboxylic acids is 3. The van der Waals surface area contributed by atoms with E-state index in [9.17, 15) is 40.7 Å². The second kappa shape index (κ2) is 11.9. The average Bonchev–Trinajstić information content (AvgIpc) is 3.47. The van der Waals surface area contributed by atoms with Gasteiger partial charge < -0.3 is 5.32 Å². The van der Waals surface area contributed by atoms with Crippen LogP contribution in [-0.4, -0.2) is 28.0 Å². The molecular weight excluding hydrogens is 678 g/mol. The standard InChI is InChI=1S/C27H14Cl5F6NO3/c28-15-4-12(5-16(29)24(15)30)22-23(26(22,31)32)25(42)39-13-1-2-17(33)14(8-13)20(40)6-10-3-11(19(35)9-18(10)34)7-21(41)27(36,37)38/h1-5,8-9,22-23H,6-7H2,(H,39,42)/t22-,23+/m0/s1. The first-order chi connectivity index (χ1) is 19.4. The largest absolute Gasteiger partial charge is 0.450 e. The number of alkyl halides is 5. The minimum absolute atomic E-state index is 0.0669. The van der Waals surface area contributed by atoms with Crippen molar-refractivity contribution in [1.82, 2.24) is 0 Å². The Labute approximate surface area is 258 Å². The molecule has 0 spiro atoms. The monoisotopic (exact) mass is 689 g/mol. The first-order valence-corrected chi connectivity index (χ1v) is 13.5. The maximum absolute atomic E-state index is 14.6. The number of Topliss-reactive ketones (excluding diaryl/α,β-unsaturated/α-hetero) is 2. The number of hydrogen-bond acceptors (Lipinski definition) is 3. The lowest BCUT2D eigenvalue weighted by molar-refractivity contribution is -0.170. The van der Waals surface area contributed by atoms with Crippen LogP contribution >= 0.6 is 58.0 Å². The molecule has 0 radical (unpaired) electrons. The van der Waals surface area contributed by atoms with Crippen molar-refractivity contribution in [3.05, 3.63) is 97.2 Å². The summed E-state index contributed by atoms with van der Waals surface area (Å²) in [5.74, 6) is -9.60. The summed E-state index contributed by atoms with van der Waals surface area (Å²) >= 11 is 30.7. The second-order valence-electron chi connectivity index (χ2n) is 9.34. The molecular formula is C27H14Cl5F6NO3. The van der Waals surface area contributed by atoms with Gasteiger partial charge in [-0.1, -0.05) is 34.8 Å². The van der Waals surface area contributed by atoms with Crippen molar-refractivity contribution in [2.45, 2.75) is 29.3 Å². The van der Waals surface area contributed by atoms with Crippen LogP contribution in [-0.2, 0) is 22.4 Å². The van der Waals surface area contributed by atoms with Crippen LogP contribution < -0.4 is 5.32 Å². The van der Waals surface area contributed by atoms with E-state index >= 15 is 0 Å². The van der Waals surface area contributed by atoms with Crippen LogP contribution in [0.5, 0.6) is 0 Å². The van der Waals surface area contributed by atoms with E-state index in [4.69, 9.17) is 58.0 Å². The van der Waals surface area contributed by atoms with E-state index in [1.165, 1.54) is 12.1 Å². The molecule has 222 valence electrons. The Morgan fingerprint density at radius 1 is 0.810 bits per heavy atom. The van der Waals surface area contributed by atoms with Crippen LogP contribution in [0.25, 0.3) is 0 Å². The molecule has 1 N–H and O–H groups in total. The number of hydrogen-bond donors (Lipinski definition) is 1. The lowest BCUT2D eigenvalue weighted by Crippen LogP contribution is -2.25. The summed E-state index contributed by atoms with van der Waals surface area (Å²) in [6.07, 6.45) is -7.58. The lowest BCUT2D eigenvalue weighted by atomic mass is 9.98. The Hall–Kier alpha value is -2.50. The van der Waals surface area contributed by atoms with Gasteiger partial charge in [0.05, 0.1) is 26.5 Å². The summed E-state index contributed by atoms with van der Waals surface area (Å²) in [7, 11) is 0. The van der Waals surface area contributed by atoms with Crippen molar-refractivity contribution in [2.24, 2.45) is 5.92 Å². The fourth-order valence-corrected chi connectivity index (χ4v) is 5.76. The number of ketones is 2. The highest BCUT2D eigenvalue weighted by molar-refractivity contribution is 6.54. The first-order valence-electron chi connectivity index (χ1n) is 11.6. The normalized spacial score (nSPS) is 17.6. The van der Waals surface area contributed by atoms with Crippen molar-refractivity contribution < 1.29 is 40.7 Å². The van der Waals surface area contributed by atoms with Crippen molar-refractivity contribution in [1.29, 1.82) is 0 Å². The number of nitrogens with one attached hydrogen (secondary N) is 1. The number of anilines is 1. The number of halogens is 11. The molecule has 0 saturated heterocycles. The molecule has 3 aromatic carbocycles.